The van der Waals surface area contributed by atoms with Crippen molar-refractivity contribution in [1.82, 2.24) is 14.5 Å². The Hall–Kier alpha value is -1.85. The minimum absolute atomic E-state index is 0.450. The predicted octanol–water partition coefficient (Wildman–Crippen LogP) is 3.22. The van der Waals surface area contributed by atoms with Crippen LogP contribution in [0.4, 0.5) is 5.69 Å². The molecule has 0 bridgehead atoms. The third-order valence-corrected chi connectivity index (χ3v) is 5.85. The number of nitrogens with zero attached hydrogens (tertiary/aromatic N) is 4. The second-order valence-electron chi connectivity index (χ2n) is 7.33. The van der Waals surface area contributed by atoms with E-state index in [9.17, 15) is 0 Å². The van der Waals surface area contributed by atoms with Gasteiger partial charge in [0.05, 0.1) is 31.4 Å². The number of aromatic nitrogens is 2. The highest BCUT2D eigenvalue weighted by Gasteiger charge is 2.21. The highest BCUT2D eigenvalue weighted by molar-refractivity contribution is 5.68. The molecule has 1 fully saturated rings. The first-order valence-corrected chi connectivity index (χ1v) is 10.00. The smallest absolute Gasteiger partial charge is 0.0954 e. The summed E-state index contributed by atoms with van der Waals surface area (Å²) in [7, 11) is 0. The van der Waals surface area contributed by atoms with Crippen molar-refractivity contribution in [1.29, 1.82) is 0 Å². The highest BCUT2D eigenvalue weighted by Crippen LogP contribution is 2.33. The normalized spacial score (nSPS) is 18.9. The summed E-state index contributed by atoms with van der Waals surface area (Å²) in [5.74, 6) is 0. The molecule has 0 saturated carbocycles. The van der Waals surface area contributed by atoms with Gasteiger partial charge < -0.3 is 14.2 Å². The summed E-state index contributed by atoms with van der Waals surface area (Å²) in [5, 5.41) is 0. The van der Waals surface area contributed by atoms with Crippen LogP contribution in [0.1, 0.15) is 31.9 Å². The van der Waals surface area contributed by atoms with Crippen LogP contribution in [0, 0.1) is 0 Å². The zero-order valence-corrected chi connectivity index (χ0v) is 16.0. The van der Waals surface area contributed by atoms with E-state index in [-0.39, 0.29) is 0 Å². The number of rotatable bonds is 6. The lowest BCUT2D eigenvalue weighted by Crippen LogP contribution is -2.39. The van der Waals surface area contributed by atoms with Crippen molar-refractivity contribution in [2.75, 3.05) is 50.8 Å². The van der Waals surface area contributed by atoms with E-state index in [1.165, 1.54) is 22.5 Å². The van der Waals surface area contributed by atoms with Crippen LogP contribution >= 0.6 is 0 Å². The molecular formula is C21H30N4O. The first-order valence-electron chi connectivity index (χ1n) is 10.00. The van der Waals surface area contributed by atoms with Gasteiger partial charge in [-0.05, 0) is 37.5 Å². The van der Waals surface area contributed by atoms with Gasteiger partial charge in [0.25, 0.3) is 0 Å². The molecule has 5 heteroatoms. The minimum Gasteiger partial charge on any atom is -0.379 e. The molecule has 140 valence electrons. The Morgan fingerprint density at radius 1 is 1.15 bits per heavy atom. The average molecular weight is 354 g/mol. The largest absolute Gasteiger partial charge is 0.379 e. The molecule has 0 aliphatic carbocycles. The standard InChI is InChI=1S/C21H30N4O/c1-3-19(15-23-9-11-26-12-10-23)25-16-22-14-21(25)17-5-6-20-18(13-17)7-8-24(20)4-2/h5-6,13-14,16,19H,3-4,7-12,15H2,1-2H3/t19-/m1/s1. The van der Waals surface area contributed by atoms with Gasteiger partial charge in [-0.15, -0.1) is 0 Å². The number of hydrogen-bond acceptors (Lipinski definition) is 4. The van der Waals surface area contributed by atoms with Crippen LogP contribution in [-0.2, 0) is 11.2 Å². The summed E-state index contributed by atoms with van der Waals surface area (Å²) >= 11 is 0. The average Bonchev–Trinajstić information content (AvgIpc) is 3.33. The Labute approximate surface area is 156 Å². The molecule has 0 N–H and O–H groups in total. The van der Waals surface area contributed by atoms with Crippen LogP contribution in [-0.4, -0.2) is 60.4 Å². The molecule has 1 atom stereocenters. The summed E-state index contributed by atoms with van der Waals surface area (Å²) in [6.45, 7) is 11.6. The van der Waals surface area contributed by atoms with Gasteiger partial charge in [-0.25, -0.2) is 4.98 Å². The van der Waals surface area contributed by atoms with Crippen LogP contribution in [0.5, 0.6) is 0 Å². The number of ether oxygens (including phenoxy) is 1. The van der Waals surface area contributed by atoms with Crippen LogP contribution in [0.3, 0.4) is 0 Å². The second-order valence-corrected chi connectivity index (χ2v) is 7.33. The topological polar surface area (TPSA) is 33.5 Å². The second kappa shape index (κ2) is 7.80. The van der Waals surface area contributed by atoms with Crippen molar-refractivity contribution >= 4 is 5.69 Å². The maximum Gasteiger partial charge on any atom is 0.0954 e. The van der Waals surface area contributed by atoms with Gasteiger partial charge >= 0.3 is 0 Å². The number of anilines is 1. The highest BCUT2D eigenvalue weighted by atomic mass is 16.5. The fourth-order valence-electron chi connectivity index (χ4n) is 4.27. The molecule has 26 heavy (non-hydrogen) atoms. The van der Waals surface area contributed by atoms with Crippen molar-refractivity contribution in [3.63, 3.8) is 0 Å². The van der Waals surface area contributed by atoms with Crippen molar-refractivity contribution in [3.8, 4) is 11.3 Å². The van der Waals surface area contributed by atoms with Crippen molar-refractivity contribution in [2.24, 2.45) is 0 Å². The van der Waals surface area contributed by atoms with Gasteiger partial charge in [-0.3, -0.25) is 4.90 Å². The zero-order chi connectivity index (χ0) is 17.9. The number of fused-ring (bicyclic) bond motifs is 1. The lowest BCUT2D eigenvalue weighted by atomic mass is 10.1. The minimum atomic E-state index is 0.450. The molecule has 4 rings (SSSR count). The van der Waals surface area contributed by atoms with Gasteiger partial charge in [0.1, 0.15) is 0 Å². The Morgan fingerprint density at radius 2 is 2.00 bits per heavy atom. The summed E-state index contributed by atoms with van der Waals surface area (Å²) in [5.41, 5.74) is 5.41. The molecule has 2 aromatic rings. The van der Waals surface area contributed by atoms with Gasteiger partial charge in [-0.1, -0.05) is 13.0 Å². The van der Waals surface area contributed by atoms with E-state index in [1.807, 2.05) is 12.5 Å². The van der Waals surface area contributed by atoms with Crippen molar-refractivity contribution in [2.45, 2.75) is 32.7 Å². The summed E-state index contributed by atoms with van der Waals surface area (Å²) < 4.78 is 7.87. The van der Waals surface area contributed by atoms with E-state index in [1.54, 1.807) is 0 Å². The first-order chi connectivity index (χ1) is 12.8. The number of morpholine rings is 1. The SMILES string of the molecule is CC[C@H](CN1CCOCC1)n1cncc1-c1ccc2c(c1)CCN2CC. The van der Waals surface area contributed by atoms with Crippen LogP contribution < -0.4 is 4.90 Å². The summed E-state index contributed by atoms with van der Waals surface area (Å²) in [4.78, 5) is 9.47. The molecule has 0 spiro atoms. The van der Waals surface area contributed by atoms with E-state index in [4.69, 9.17) is 4.74 Å². The van der Waals surface area contributed by atoms with Gasteiger partial charge in [-0.2, -0.15) is 0 Å². The van der Waals surface area contributed by atoms with E-state index < -0.39 is 0 Å². The van der Waals surface area contributed by atoms with Gasteiger partial charge in [0.15, 0.2) is 0 Å². The Bertz CT molecular complexity index is 735. The van der Waals surface area contributed by atoms with Crippen LogP contribution in [0.25, 0.3) is 11.3 Å². The van der Waals surface area contributed by atoms with E-state index in [0.29, 0.717) is 6.04 Å². The van der Waals surface area contributed by atoms with E-state index in [0.717, 1.165) is 58.8 Å². The molecule has 1 aromatic heterocycles. The Kier molecular flexibility index (Phi) is 5.27. The monoisotopic (exact) mass is 354 g/mol. The number of benzene rings is 1. The zero-order valence-electron chi connectivity index (χ0n) is 16.0. The maximum absolute atomic E-state index is 5.49. The molecule has 3 heterocycles. The molecule has 1 aromatic carbocycles. The van der Waals surface area contributed by atoms with Crippen LogP contribution in [0.2, 0.25) is 0 Å². The number of likely N-dealkylation sites (N-methyl/N-ethyl adjacent to an activating group) is 1. The lowest BCUT2D eigenvalue weighted by Gasteiger charge is -2.31. The molecule has 2 aliphatic heterocycles. The van der Waals surface area contributed by atoms with Crippen molar-refractivity contribution < 1.29 is 4.74 Å². The van der Waals surface area contributed by atoms with Crippen LogP contribution in [0.15, 0.2) is 30.7 Å². The predicted molar refractivity (Wildman–Crippen MR) is 106 cm³/mol. The first kappa shape index (κ1) is 17.6. The third-order valence-electron chi connectivity index (χ3n) is 5.85. The Morgan fingerprint density at radius 3 is 2.77 bits per heavy atom. The third kappa shape index (κ3) is 3.38. The molecule has 5 nitrogen and oxygen atoms in total. The lowest BCUT2D eigenvalue weighted by molar-refractivity contribution is 0.0313. The Balaban J connectivity index is 1.58. The van der Waals surface area contributed by atoms with Crippen molar-refractivity contribution in [3.05, 3.63) is 36.3 Å². The quantitative estimate of drug-likeness (QED) is 0.798. The fraction of sp³-hybridized carbons (Fsp3) is 0.571. The molecule has 0 amide bonds. The van der Waals surface area contributed by atoms with E-state index in [2.05, 4.69) is 51.4 Å². The molecule has 2 aliphatic rings. The maximum atomic E-state index is 5.49. The molecule has 0 radical (unpaired) electrons. The van der Waals surface area contributed by atoms with E-state index >= 15 is 0 Å². The molecular weight excluding hydrogens is 324 g/mol. The van der Waals surface area contributed by atoms with Gasteiger partial charge in [0, 0.05) is 50.0 Å². The number of imidazole rings is 1. The molecule has 1 saturated heterocycles. The fourth-order valence-corrected chi connectivity index (χ4v) is 4.27. The summed E-state index contributed by atoms with van der Waals surface area (Å²) in [6.07, 6.45) is 6.29. The molecule has 0 unspecified atom stereocenters. The number of hydrogen-bond donors (Lipinski definition) is 0. The summed E-state index contributed by atoms with van der Waals surface area (Å²) in [6, 6.07) is 7.38. The van der Waals surface area contributed by atoms with Gasteiger partial charge in [0.2, 0.25) is 0 Å².